The van der Waals surface area contributed by atoms with Crippen LogP contribution in [0.3, 0.4) is 0 Å². The molecule has 436 valence electrons. The van der Waals surface area contributed by atoms with Gasteiger partial charge in [0, 0.05) is 75.4 Å². The summed E-state index contributed by atoms with van der Waals surface area (Å²) in [6, 6.07) is 0. The number of carbonyl (C=O) groups excluding carboxylic acids is 2. The molecule has 2 bridgehead atoms. The molecule has 0 aromatic heterocycles. The zero-order valence-corrected chi connectivity index (χ0v) is 46.1. The van der Waals surface area contributed by atoms with E-state index in [1.54, 1.807) is 66.0 Å². The number of esters is 2. The monoisotopic (exact) mass is 1080 g/mol. The highest BCUT2D eigenvalue weighted by Gasteiger charge is 2.50. The minimum atomic E-state index is -2.49. The van der Waals surface area contributed by atoms with Crippen molar-refractivity contribution >= 4 is 23.9 Å². The van der Waals surface area contributed by atoms with Gasteiger partial charge in [-0.15, -0.1) is 0 Å². The van der Waals surface area contributed by atoms with Crippen LogP contribution >= 0.6 is 0 Å². The molecule has 0 radical (unpaired) electrons. The summed E-state index contributed by atoms with van der Waals surface area (Å²) < 4.78 is 17.3. The molecule has 20 nitrogen and oxygen atoms in total. The molecule has 0 aliphatic carbocycles. The van der Waals surface area contributed by atoms with E-state index in [0.29, 0.717) is 18.1 Å². The molecule has 19 unspecified atom stereocenters. The predicted molar refractivity (Wildman–Crippen MR) is 287 cm³/mol. The summed E-state index contributed by atoms with van der Waals surface area (Å²) in [5.74, 6) is -8.27. The number of aliphatic imine (C=N–C) groups is 1. The molecular formula is C56H95N3O17. The lowest BCUT2D eigenvalue weighted by Gasteiger charge is -2.45. The number of carboxylic acids is 1. The van der Waals surface area contributed by atoms with Crippen molar-refractivity contribution in [2.45, 2.75) is 217 Å². The van der Waals surface area contributed by atoms with Crippen LogP contribution in [0.1, 0.15) is 138 Å². The summed E-state index contributed by atoms with van der Waals surface area (Å²) in [4.78, 5) is 41.2. The van der Waals surface area contributed by atoms with Crippen molar-refractivity contribution in [1.82, 2.24) is 5.32 Å². The van der Waals surface area contributed by atoms with E-state index in [1.807, 2.05) is 19.9 Å². The van der Waals surface area contributed by atoms with Gasteiger partial charge in [-0.25, -0.2) is 4.79 Å². The molecule has 2 aliphatic heterocycles. The Hall–Kier alpha value is -4.06. The SMILES string of the molecule is CN=C(N)NCCCC=CCCCC(C)C1OC(=O)C=CC=CC(C)C(O)CC(O)C(C)C(O)CCC(C)C(O)CC2(O)OC(CC(O)CC(OC(=O)CC(=O)O)CC(O)C(C)C(O)C(C)=CC=CC1C)CC(O)C2O. The van der Waals surface area contributed by atoms with Crippen LogP contribution in [0.4, 0.5) is 0 Å². The minimum Gasteiger partial charge on any atom is -0.481 e. The van der Waals surface area contributed by atoms with Gasteiger partial charge in [-0.3, -0.25) is 14.6 Å². The number of guanidine groups is 1. The number of rotatable bonds is 12. The van der Waals surface area contributed by atoms with E-state index in [0.717, 1.165) is 32.1 Å². The topological polar surface area (TPSA) is 352 Å². The zero-order valence-electron chi connectivity index (χ0n) is 46.1. The first kappa shape index (κ1) is 68.0. The largest absolute Gasteiger partial charge is 0.481 e. The highest BCUT2D eigenvalue weighted by atomic mass is 16.7. The summed E-state index contributed by atoms with van der Waals surface area (Å²) in [5.41, 5.74) is 6.14. The fourth-order valence-electron chi connectivity index (χ4n) is 9.58. The molecule has 20 heteroatoms. The van der Waals surface area contributed by atoms with E-state index in [4.69, 9.17) is 19.9 Å². The van der Waals surface area contributed by atoms with Crippen LogP contribution in [0.15, 0.2) is 65.2 Å². The number of aliphatic carboxylic acids is 1. The van der Waals surface area contributed by atoms with Crippen LogP contribution < -0.4 is 11.1 Å². The average Bonchev–Trinajstić information content (AvgIpc) is 3.35. The van der Waals surface area contributed by atoms with Crippen molar-refractivity contribution in [3.8, 4) is 0 Å². The number of aliphatic hydroxyl groups is 10. The molecule has 0 aromatic carbocycles. The second-order valence-corrected chi connectivity index (χ2v) is 21.6. The fraction of sp³-hybridized carbons (Fsp3) is 0.750. The lowest BCUT2D eigenvalue weighted by molar-refractivity contribution is -0.333. The predicted octanol–water partition coefficient (Wildman–Crippen LogP) is 3.23. The molecule has 19 atom stereocenters. The van der Waals surface area contributed by atoms with Crippen LogP contribution in [-0.2, 0) is 28.6 Å². The minimum absolute atomic E-state index is 0.0676. The Morgan fingerprint density at radius 1 is 0.816 bits per heavy atom. The number of carbonyl (C=O) groups is 3. The van der Waals surface area contributed by atoms with Gasteiger partial charge in [0.2, 0.25) is 0 Å². The maximum atomic E-state index is 13.3. The van der Waals surface area contributed by atoms with E-state index in [9.17, 15) is 70.6 Å². The van der Waals surface area contributed by atoms with Crippen molar-refractivity contribution in [2.75, 3.05) is 13.6 Å². The smallest absolute Gasteiger partial charge is 0.331 e. The van der Waals surface area contributed by atoms with Crippen molar-refractivity contribution < 1.29 is 84.8 Å². The van der Waals surface area contributed by atoms with Crippen LogP contribution in [-0.4, -0.2) is 173 Å². The molecule has 14 N–H and O–H groups in total. The molecule has 76 heavy (non-hydrogen) atoms. The summed E-state index contributed by atoms with van der Waals surface area (Å²) in [6.45, 7) is 12.9. The Bertz CT molecular complexity index is 1910. The van der Waals surface area contributed by atoms with Crippen LogP contribution in [0.5, 0.6) is 0 Å². The molecule has 2 rings (SSSR count). The number of carboxylic acid groups (broad SMARTS) is 1. The molecule has 1 saturated heterocycles. The van der Waals surface area contributed by atoms with Gasteiger partial charge in [0.1, 0.15) is 24.7 Å². The zero-order chi connectivity index (χ0) is 57.3. The number of nitrogens with zero attached hydrogens (tertiary/aromatic N) is 1. The Morgan fingerprint density at radius 2 is 1.46 bits per heavy atom. The van der Waals surface area contributed by atoms with Gasteiger partial charge in [0.05, 0.1) is 54.9 Å². The number of nitrogens with one attached hydrogen (secondary N) is 1. The standard InChI is InChI=1S/C56H95N3O17/c1-33-18-14-15-22-50(69)75-53(36(4)19-13-11-9-10-12-16-25-59-55(57)58-8)37(5)21-17-20-35(3)52(71)39(7)45(63)28-41(74-51(70)31-49(67)68)26-40(60)27-42-29-47(65)54(72)56(73,76-42)32-48(66)34(2)23-24-43(61)38(6)46(64)30-44(33)62/h9-10,14-15,17-18,20-22,33-34,36-48,52-54,60-66,71-73H,11-13,16,19,23-32H2,1-8H3,(H,67,68)(H3,57,58,59). The van der Waals surface area contributed by atoms with E-state index in [-0.39, 0.29) is 56.8 Å². The van der Waals surface area contributed by atoms with Gasteiger partial charge in [-0.1, -0.05) is 90.2 Å². The lowest BCUT2D eigenvalue weighted by atomic mass is 9.83. The van der Waals surface area contributed by atoms with E-state index >= 15 is 0 Å². The third-order valence-electron chi connectivity index (χ3n) is 15.0. The molecule has 0 saturated carbocycles. The Kier molecular flexibility index (Phi) is 31.1. The van der Waals surface area contributed by atoms with Gasteiger partial charge < -0.3 is 81.4 Å². The molecule has 0 amide bonds. The first-order valence-electron chi connectivity index (χ1n) is 27.1. The van der Waals surface area contributed by atoms with E-state index in [2.05, 4.69) is 22.5 Å². The van der Waals surface area contributed by atoms with Crippen LogP contribution in [0, 0.1) is 35.5 Å². The van der Waals surface area contributed by atoms with Gasteiger partial charge in [-0.05, 0) is 75.7 Å². The molecule has 2 aliphatic rings. The maximum Gasteiger partial charge on any atom is 0.331 e. The van der Waals surface area contributed by atoms with E-state index < -0.39 is 133 Å². The van der Waals surface area contributed by atoms with Gasteiger partial charge in [0.25, 0.3) is 0 Å². The number of fused-ring (bicyclic) bond motifs is 2. The summed E-state index contributed by atoms with van der Waals surface area (Å²) >= 11 is 0. The number of hydrogen-bond acceptors (Lipinski definition) is 17. The Labute approximate surface area is 450 Å². The second-order valence-electron chi connectivity index (χ2n) is 21.6. The second kappa shape index (κ2) is 34.7. The van der Waals surface area contributed by atoms with E-state index in [1.165, 1.54) is 12.2 Å². The van der Waals surface area contributed by atoms with Gasteiger partial charge in [-0.2, -0.15) is 0 Å². The molecule has 0 spiro atoms. The van der Waals surface area contributed by atoms with Crippen LogP contribution in [0.25, 0.3) is 0 Å². The number of allylic oxidation sites excluding steroid dienone is 6. The highest BCUT2D eigenvalue weighted by molar-refractivity contribution is 5.90. The van der Waals surface area contributed by atoms with Crippen molar-refractivity contribution in [2.24, 2.45) is 46.2 Å². The number of nitrogens with two attached hydrogens (primary N) is 1. The third kappa shape index (κ3) is 24.7. The number of unbranched alkanes of at least 4 members (excludes halogenated alkanes) is 2. The Balaban J connectivity index is 2.45. The average molecular weight is 1080 g/mol. The molecule has 0 aromatic rings. The lowest BCUT2D eigenvalue weighted by Crippen LogP contribution is -2.59. The van der Waals surface area contributed by atoms with Crippen molar-refractivity contribution in [3.05, 3.63) is 60.3 Å². The third-order valence-corrected chi connectivity index (χ3v) is 15.0. The number of cyclic esters (lactones) is 1. The number of aliphatic hydroxyl groups excluding tert-OH is 9. The number of hydrogen-bond donors (Lipinski definition) is 13. The molecule has 1 fully saturated rings. The summed E-state index contributed by atoms with van der Waals surface area (Å²) in [7, 11) is 1.62. The first-order valence-corrected chi connectivity index (χ1v) is 27.1. The first-order chi connectivity index (χ1) is 35.7. The van der Waals surface area contributed by atoms with Crippen molar-refractivity contribution in [1.29, 1.82) is 0 Å². The quantitative estimate of drug-likeness (QED) is 0.0333. The number of ether oxygens (including phenoxy) is 3. The molecular weight excluding hydrogens is 987 g/mol. The fourth-order valence-corrected chi connectivity index (χ4v) is 9.58. The molecule has 2 heterocycles. The Morgan fingerprint density at radius 3 is 2.12 bits per heavy atom. The van der Waals surface area contributed by atoms with Gasteiger partial charge >= 0.3 is 17.9 Å². The maximum absolute atomic E-state index is 13.3. The van der Waals surface area contributed by atoms with Crippen LogP contribution in [0.2, 0.25) is 0 Å². The van der Waals surface area contributed by atoms with Crippen molar-refractivity contribution in [3.63, 3.8) is 0 Å². The summed E-state index contributed by atoms with van der Waals surface area (Å²) in [6.07, 6.45) is 2.36. The van der Waals surface area contributed by atoms with Gasteiger partial charge in [0.15, 0.2) is 11.7 Å². The normalized spacial score (nSPS) is 36.6. The highest BCUT2D eigenvalue weighted by Crippen LogP contribution is 2.36. The summed E-state index contributed by atoms with van der Waals surface area (Å²) in [5, 5.41) is 124.